The van der Waals surface area contributed by atoms with Crippen LogP contribution in [0.4, 0.5) is 17.1 Å². The molecule has 0 atom stereocenters. The SMILES string of the molecule is O=[N+]([O-])c1cccc2c1N1CCCN=C1N2Cc1ccccc1. The van der Waals surface area contributed by atoms with Crippen molar-refractivity contribution in [2.75, 3.05) is 22.9 Å². The number of hydrogen-bond donors (Lipinski definition) is 0. The zero-order valence-electron chi connectivity index (χ0n) is 12.6. The maximum Gasteiger partial charge on any atom is 0.295 e. The number of nitrogens with zero attached hydrogens (tertiary/aromatic N) is 4. The molecule has 2 aliphatic heterocycles. The second kappa shape index (κ2) is 5.39. The Morgan fingerprint density at radius 3 is 2.74 bits per heavy atom. The van der Waals surface area contributed by atoms with Crippen LogP contribution in [0.2, 0.25) is 0 Å². The second-order valence-electron chi connectivity index (χ2n) is 5.66. The minimum Gasteiger partial charge on any atom is -0.305 e. The summed E-state index contributed by atoms with van der Waals surface area (Å²) in [5.74, 6) is 0.824. The average Bonchev–Trinajstić information content (AvgIpc) is 2.90. The predicted molar refractivity (Wildman–Crippen MR) is 90.0 cm³/mol. The Hall–Kier alpha value is -2.89. The fourth-order valence-electron chi connectivity index (χ4n) is 3.23. The molecule has 0 aromatic heterocycles. The largest absolute Gasteiger partial charge is 0.305 e. The molecular formula is C17H16N4O2. The van der Waals surface area contributed by atoms with Crippen molar-refractivity contribution in [3.05, 3.63) is 64.2 Å². The van der Waals surface area contributed by atoms with Gasteiger partial charge in [-0.05, 0) is 18.1 Å². The lowest BCUT2D eigenvalue weighted by molar-refractivity contribution is -0.384. The van der Waals surface area contributed by atoms with Crippen LogP contribution in [0.5, 0.6) is 0 Å². The van der Waals surface area contributed by atoms with Crippen molar-refractivity contribution in [3.8, 4) is 0 Å². The number of aliphatic imine (C=N–C) groups is 1. The highest BCUT2D eigenvalue weighted by molar-refractivity contribution is 6.18. The van der Waals surface area contributed by atoms with Gasteiger partial charge in [-0.25, -0.2) is 0 Å². The van der Waals surface area contributed by atoms with Crippen LogP contribution < -0.4 is 9.80 Å². The minimum absolute atomic E-state index is 0.146. The predicted octanol–water partition coefficient (Wildman–Crippen LogP) is 3.18. The molecule has 0 radical (unpaired) electrons. The third-order valence-corrected chi connectivity index (χ3v) is 4.21. The van der Waals surface area contributed by atoms with Gasteiger partial charge in [-0.2, -0.15) is 0 Å². The molecule has 116 valence electrons. The number of guanidine groups is 1. The minimum atomic E-state index is -0.308. The Morgan fingerprint density at radius 1 is 1.13 bits per heavy atom. The summed E-state index contributed by atoms with van der Waals surface area (Å²) >= 11 is 0. The Balaban J connectivity index is 1.83. The van der Waals surface area contributed by atoms with Crippen molar-refractivity contribution in [1.82, 2.24) is 0 Å². The van der Waals surface area contributed by atoms with Crippen LogP contribution >= 0.6 is 0 Å². The molecule has 0 fully saturated rings. The molecule has 23 heavy (non-hydrogen) atoms. The average molecular weight is 308 g/mol. The van der Waals surface area contributed by atoms with E-state index in [0.29, 0.717) is 12.2 Å². The van der Waals surface area contributed by atoms with Gasteiger partial charge in [0.05, 0.1) is 17.2 Å². The lowest BCUT2D eigenvalue weighted by atomic mass is 10.2. The molecule has 6 nitrogen and oxygen atoms in total. The second-order valence-corrected chi connectivity index (χ2v) is 5.66. The summed E-state index contributed by atoms with van der Waals surface area (Å²) in [5, 5.41) is 11.4. The zero-order chi connectivity index (χ0) is 15.8. The number of hydrogen-bond acceptors (Lipinski definition) is 5. The van der Waals surface area contributed by atoms with E-state index >= 15 is 0 Å². The van der Waals surface area contributed by atoms with Gasteiger partial charge < -0.3 is 9.80 Å². The van der Waals surface area contributed by atoms with E-state index in [1.165, 1.54) is 0 Å². The molecule has 0 aliphatic carbocycles. The quantitative estimate of drug-likeness (QED) is 0.645. The maximum absolute atomic E-state index is 11.4. The number of para-hydroxylation sites is 1. The summed E-state index contributed by atoms with van der Waals surface area (Å²) < 4.78 is 0. The summed E-state index contributed by atoms with van der Waals surface area (Å²) in [6, 6.07) is 15.3. The Bertz CT molecular complexity index is 788. The van der Waals surface area contributed by atoms with Gasteiger partial charge in [-0.1, -0.05) is 36.4 Å². The van der Waals surface area contributed by atoms with Gasteiger partial charge in [-0.3, -0.25) is 15.1 Å². The van der Waals surface area contributed by atoms with E-state index < -0.39 is 0 Å². The van der Waals surface area contributed by atoms with Crippen molar-refractivity contribution < 1.29 is 4.92 Å². The van der Waals surface area contributed by atoms with Gasteiger partial charge in [0.2, 0.25) is 5.96 Å². The van der Waals surface area contributed by atoms with Crippen LogP contribution in [-0.4, -0.2) is 24.0 Å². The molecule has 2 aromatic carbocycles. The number of fused-ring (bicyclic) bond motifs is 3. The van der Waals surface area contributed by atoms with Gasteiger partial charge in [-0.15, -0.1) is 0 Å². The molecule has 2 heterocycles. The van der Waals surface area contributed by atoms with Crippen molar-refractivity contribution in [1.29, 1.82) is 0 Å². The van der Waals surface area contributed by atoms with Crippen molar-refractivity contribution in [2.24, 2.45) is 4.99 Å². The van der Waals surface area contributed by atoms with Crippen LogP contribution in [-0.2, 0) is 6.54 Å². The summed E-state index contributed by atoms with van der Waals surface area (Å²) in [7, 11) is 0. The normalized spacial score (nSPS) is 15.9. The van der Waals surface area contributed by atoms with Gasteiger partial charge >= 0.3 is 0 Å². The highest BCUT2D eigenvalue weighted by Gasteiger charge is 2.39. The van der Waals surface area contributed by atoms with Crippen LogP contribution in [0.1, 0.15) is 12.0 Å². The molecule has 2 aromatic rings. The standard InChI is InChI=1S/C17H16N4O2/c22-21(23)15-9-4-8-14-16(15)19-11-5-10-18-17(19)20(14)12-13-6-2-1-3-7-13/h1-4,6-9H,5,10-12H2. The monoisotopic (exact) mass is 308 g/mol. The molecule has 0 N–H and O–H groups in total. The molecular weight excluding hydrogens is 292 g/mol. The van der Waals surface area contributed by atoms with Crippen molar-refractivity contribution >= 4 is 23.0 Å². The molecule has 4 rings (SSSR count). The van der Waals surface area contributed by atoms with E-state index in [0.717, 1.165) is 36.7 Å². The number of nitro groups is 1. The molecule has 0 spiro atoms. The Labute approximate surface area is 133 Å². The van der Waals surface area contributed by atoms with Crippen LogP contribution in [0.15, 0.2) is 53.5 Å². The molecule has 0 unspecified atom stereocenters. The van der Waals surface area contributed by atoms with E-state index in [-0.39, 0.29) is 10.6 Å². The third-order valence-electron chi connectivity index (χ3n) is 4.21. The Morgan fingerprint density at radius 2 is 1.96 bits per heavy atom. The van der Waals surface area contributed by atoms with Crippen LogP contribution in [0.3, 0.4) is 0 Å². The van der Waals surface area contributed by atoms with E-state index in [1.807, 2.05) is 29.2 Å². The smallest absolute Gasteiger partial charge is 0.295 e. The highest BCUT2D eigenvalue weighted by Crippen LogP contribution is 2.45. The van der Waals surface area contributed by atoms with Gasteiger partial charge in [0, 0.05) is 19.2 Å². The van der Waals surface area contributed by atoms with Crippen molar-refractivity contribution in [3.63, 3.8) is 0 Å². The van der Waals surface area contributed by atoms with Gasteiger partial charge in [0.25, 0.3) is 5.69 Å². The maximum atomic E-state index is 11.4. The number of anilines is 2. The first-order valence-corrected chi connectivity index (χ1v) is 7.66. The topological polar surface area (TPSA) is 62.0 Å². The lowest BCUT2D eigenvalue weighted by Crippen LogP contribution is -2.41. The first-order valence-electron chi connectivity index (χ1n) is 7.66. The Kier molecular flexibility index (Phi) is 3.22. The summed E-state index contributed by atoms with van der Waals surface area (Å²) in [4.78, 5) is 19.8. The van der Waals surface area contributed by atoms with E-state index in [9.17, 15) is 10.1 Å². The van der Waals surface area contributed by atoms with Gasteiger partial charge in [0.1, 0.15) is 5.69 Å². The first kappa shape index (κ1) is 13.8. The fourth-order valence-corrected chi connectivity index (χ4v) is 3.23. The molecule has 0 saturated carbocycles. The fraction of sp³-hybridized carbons (Fsp3) is 0.235. The highest BCUT2D eigenvalue weighted by atomic mass is 16.6. The zero-order valence-corrected chi connectivity index (χ0v) is 12.6. The number of benzene rings is 2. The van der Waals surface area contributed by atoms with Crippen molar-refractivity contribution in [2.45, 2.75) is 13.0 Å². The molecule has 2 aliphatic rings. The summed E-state index contributed by atoms with van der Waals surface area (Å²) in [6.07, 6.45) is 0.911. The molecule has 0 saturated heterocycles. The van der Waals surface area contributed by atoms with Crippen LogP contribution in [0.25, 0.3) is 0 Å². The van der Waals surface area contributed by atoms with Crippen LogP contribution in [0, 0.1) is 10.1 Å². The van der Waals surface area contributed by atoms with E-state index in [1.54, 1.807) is 12.1 Å². The summed E-state index contributed by atoms with van der Waals surface area (Å²) in [6.45, 7) is 2.19. The number of nitro benzene ring substituents is 1. The molecule has 6 heteroatoms. The summed E-state index contributed by atoms with van der Waals surface area (Å²) in [5.41, 5.74) is 2.84. The molecule has 0 bridgehead atoms. The lowest BCUT2D eigenvalue weighted by Gasteiger charge is -2.26. The first-order chi connectivity index (χ1) is 11.3. The van der Waals surface area contributed by atoms with E-state index in [4.69, 9.17) is 0 Å². The number of rotatable bonds is 3. The van der Waals surface area contributed by atoms with Gasteiger partial charge in [0.15, 0.2) is 0 Å². The third kappa shape index (κ3) is 2.23. The molecule has 0 amide bonds. The van der Waals surface area contributed by atoms with E-state index in [2.05, 4.69) is 22.0 Å².